The third kappa shape index (κ3) is 21.0. The second kappa shape index (κ2) is 38.5. The van der Waals surface area contributed by atoms with Gasteiger partial charge in [0, 0.05) is 36.8 Å². The van der Waals surface area contributed by atoms with Crippen LogP contribution in [0, 0.1) is 43.4 Å². The third-order valence-corrected chi connectivity index (χ3v) is 27.3. The van der Waals surface area contributed by atoms with Gasteiger partial charge in [-0.2, -0.15) is 8.42 Å². The molecule has 6 aliphatic heterocycles. The van der Waals surface area contributed by atoms with E-state index in [0.29, 0.717) is 11.8 Å². The molecule has 6 heterocycles. The predicted molar refractivity (Wildman–Crippen MR) is 463 cm³/mol. The molecule has 9 amide bonds. The summed E-state index contributed by atoms with van der Waals surface area (Å²) in [5, 5.41) is 113. The Hall–Kier alpha value is -12.0. The number of rotatable bonds is 20. The third-order valence-electron chi connectivity index (χ3n) is 24.3. The number of fused-ring (bicyclic) bond motifs is 15. The van der Waals surface area contributed by atoms with Gasteiger partial charge in [0.05, 0.1) is 21.2 Å². The van der Waals surface area contributed by atoms with E-state index in [9.17, 15) is 67.3 Å². The first-order valence-electron chi connectivity index (χ1n) is 42.5. The highest BCUT2D eigenvalue weighted by Gasteiger charge is 2.52. The molecule has 0 unspecified atom stereocenters. The second-order valence-electron chi connectivity index (χ2n) is 35.4. The molecule has 41 heteroatoms. The fourth-order valence-corrected chi connectivity index (χ4v) is 20.0. The Morgan fingerprint density at radius 3 is 1.87 bits per heavy atom. The van der Waals surface area contributed by atoms with Crippen LogP contribution in [0.15, 0.2) is 137 Å². The molecule has 18 N–H and O–H groups in total. The van der Waals surface area contributed by atoms with Gasteiger partial charge in [-0.05, 0) is 227 Å². The van der Waals surface area contributed by atoms with E-state index >= 15 is 33.6 Å². The Morgan fingerprint density at radius 1 is 0.626 bits per heavy atom. The molecule has 0 radical (unpaired) electrons. The van der Waals surface area contributed by atoms with Gasteiger partial charge in [-0.15, -0.1) is 0 Å². The first-order chi connectivity index (χ1) is 61.9. The fourth-order valence-electron chi connectivity index (χ4n) is 17.9. The molecule has 7 aromatic rings. The first kappa shape index (κ1) is 95.1. The Morgan fingerprint density at radius 2 is 1.24 bits per heavy atom. The van der Waals surface area contributed by atoms with E-state index in [1.807, 2.05) is 4.72 Å². The summed E-state index contributed by atoms with van der Waals surface area (Å²) in [6.07, 6.45) is -12.3. The molecule has 10 aliphatic rings. The summed E-state index contributed by atoms with van der Waals surface area (Å²) in [5.74, 6) is -15.0. The van der Waals surface area contributed by atoms with Crippen LogP contribution in [0.1, 0.15) is 149 Å². The maximum absolute atomic E-state index is 16.6. The molecule has 131 heavy (non-hydrogen) atoms. The van der Waals surface area contributed by atoms with Crippen molar-refractivity contribution in [2.75, 3.05) is 26.8 Å². The van der Waals surface area contributed by atoms with Crippen LogP contribution >= 0.6 is 11.6 Å². The number of aryl methyl sites for hydroxylation is 2. The minimum Gasteiger partial charge on any atom is -0.508 e. The normalized spacial score (nSPS) is 26.2. The van der Waals surface area contributed by atoms with Crippen molar-refractivity contribution in [2.45, 2.75) is 200 Å². The molecule has 4 aliphatic carbocycles. The van der Waals surface area contributed by atoms with Crippen LogP contribution in [0.2, 0.25) is 5.02 Å². The highest BCUT2D eigenvalue weighted by atomic mass is 35.5. The number of nitrogens with two attached hydrogens (primary N) is 1. The summed E-state index contributed by atoms with van der Waals surface area (Å²) in [7, 11) is -8.07. The van der Waals surface area contributed by atoms with Gasteiger partial charge < -0.3 is 112 Å². The molecule has 1 saturated heterocycles. The van der Waals surface area contributed by atoms with Gasteiger partial charge in [0.25, 0.3) is 20.1 Å². The quantitative estimate of drug-likeness (QED) is 0.0348. The summed E-state index contributed by atoms with van der Waals surface area (Å²) in [4.78, 5) is 140. The molecular formula is C90H103ClN10O28S2. The van der Waals surface area contributed by atoms with Crippen molar-refractivity contribution >= 4 is 85.1 Å². The lowest BCUT2D eigenvalue weighted by atomic mass is 9.54. The zero-order chi connectivity index (χ0) is 94.5. The zero-order valence-electron chi connectivity index (χ0n) is 72.2. The molecule has 15 bridgehead atoms. The molecule has 14 atom stereocenters. The topological polar surface area (TPSA) is 574 Å². The summed E-state index contributed by atoms with van der Waals surface area (Å²) >= 11 is 7.21. The van der Waals surface area contributed by atoms with Crippen LogP contribution in [0.3, 0.4) is 0 Å². The number of nitrogens with one attached hydrogen (secondary N) is 8. The van der Waals surface area contributed by atoms with Crippen LogP contribution < -0.4 is 66.6 Å². The lowest BCUT2D eigenvalue weighted by Gasteiger charge is -2.54. The Kier molecular flexibility index (Phi) is 27.9. The number of amides is 9. The van der Waals surface area contributed by atoms with E-state index in [1.165, 1.54) is 50.4 Å². The minimum atomic E-state index is -5.08. The number of aliphatic hydroxyl groups is 5. The number of phenols is 3. The molecule has 4 saturated carbocycles. The average molecular weight is 1870 g/mol. The van der Waals surface area contributed by atoms with E-state index in [-0.39, 0.29) is 75.0 Å². The number of carbonyl (C=O) groups is 9. The number of aromatic hydroxyl groups is 3. The maximum Gasteiger partial charge on any atom is 0.410 e. The molecule has 38 nitrogen and oxygen atoms in total. The molecule has 7 aromatic carbocycles. The van der Waals surface area contributed by atoms with Gasteiger partial charge >= 0.3 is 6.09 Å². The van der Waals surface area contributed by atoms with Gasteiger partial charge in [-0.3, -0.25) is 47.4 Å². The highest BCUT2D eigenvalue weighted by Crippen LogP contribution is 2.55. The van der Waals surface area contributed by atoms with Crippen molar-refractivity contribution < 1.29 is 133 Å². The number of phenolic OH excluding ortho intramolecular Hbond substituents is 3. The number of likely N-dealkylation sites (N-methyl/N-ethyl adjacent to an activating group) is 1. The second-order valence-corrected chi connectivity index (χ2v) is 39.1. The van der Waals surface area contributed by atoms with Crippen LogP contribution in [0.5, 0.6) is 51.7 Å². The first-order valence-corrected chi connectivity index (χ1v) is 45.7. The standard InChI is InChI=1S/C90H103ClN10O28S2/c1-40(2)25-59(101(8)89(118)129-90(5,6)7)82(112)98-73-75(106)46-12-21-62(42(4)26-46)125-64-34-50-35-65(80(64)128-88-79(110)78(109)77(108)66(39-92)127-88)126-63-22-13-47(33-57(63)91)76(107)74-87(117)97-72(85(115)94-69-48-28-43-27-44(30-48)31-49(69)29-43)56-36-51(102)37-61(104)68(56)55-32-45(11-20-60(55)103)70(83(113)99-74)96-84(114)71(50)95-81(111)58(93-86(73)116)38-67(105)100-130(119,120)53-18-14-52(15-19-53)123-23-24-124-131(121,122)54-16-9-41(3)10-17-54/h9-22,26,32-37,40,43-44,48-49,58-59,66,69-79,88,102-104,106-110H,23-25,27-31,38-39,92H2,1-8H3,(H,93,116)(H,94,115)(H,95,111)(H,96,114)(H,97,117)(H,98,112)(H,99,113)(H,100,105)/t43?,44?,48?,49?,58-,59+,66+,69?,70+,71+,72-,73+,74-,75+,76+,77+,78-,79+,88-/m0/s1. The number of nitrogens with zero attached hydrogens (tertiary/aromatic N) is 1. The molecule has 0 spiro atoms. The van der Waals surface area contributed by atoms with Gasteiger partial charge in [-0.25, -0.2) is 17.9 Å². The number of hydrogen-bond donors (Lipinski definition) is 17. The SMILES string of the molecule is Cc1ccc(S(=O)(=O)OCCOc2ccc(S(=O)(=O)NC(=O)C[C@@H]3NC(=O)[C@H](NC(=O)[C@@H](CC(C)C)N(C)C(=O)OC(C)(C)C)[C@H](O)c4ccc(c(C)c4)Oc4cc5cc(c4O[C@@H]4O[C@H](CN)[C@@H](O)[C@H](O)[C@H]4O)Oc4ccc(cc4Cl)[C@@H](O)[C@@H]4NC(=O)[C@H](NC(=O)[C@@H]5NC3=O)c3ccc(O)c(c3)-c3c(O)cc(O)cc3[C@@H](C(=O)NC3C5CC6CC(C5)CC3C6)NC4=O)cc2)cc1. The Balaban J connectivity index is 0.917. The van der Waals surface area contributed by atoms with Gasteiger partial charge in [0.1, 0.15) is 132 Å². The van der Waals surface area contributed by atoms with Gasteiger partial charge in [-0.1, -0.05) is 61.3 Å². The summed E-state index contributed by atoms with van der Waals surface area (Å²) in [6.45, 7) is 9.98. The number of carbonyl (C=O) groups excluding carboxylic acids is 9. The van der Waals surface area contributed by atoms with Crippen molar-refractivity contribution in [3.8, 4) is 62.9 Å². The molecular weight excluding hydrogens is 1770 g/mol. The van der Waals surface area contributed by atoms with Crippen molar-refractivity contribution in [1.29, 1.82) is 0 Å². The van der Waals surface area contributed by atoms with Crippen LogP contribution in [-0.2, 0) is 72.2 Å². The summed E-state index contributed by atoms with van der Waals surface area (Å²) < 4.78 is 98.9. The van der Waals surface area contributed by atoms with Gasteiger partial charge in [0.2, 0.25) is 59.3 Å². The predicted octanol–water partition coefficient (Wildman–Crippen LogP) is 5.11. The molecule has 5 fully saturated rings. The monoisotopic (exact) mass is 1870 g/mol. The molecule has 0 aromatic heterocycles. The number of sulfonamides is 1. The molecule has 17 rings (SSSR count). The smallest absolute Gasteiger partial charge is 0.410 e. The molecule has 700 valence electrons. The largest absolute Gasteiger partial charge is 0.508 e. The van der Waals surface area contributed by atoms with E-state index in [2.05, 4.69) is 37.2 Å². The van der Waals surface area contributed by atoms with Crippen molar-refractivity contribution in [2.24, 2.45) is 35.3 Å². The Labute approximate surface area is 757 Å². The lowest BCUT2D eigenvalue weighted by molar-refractivity contribution is -0.270. The zero-order valence-corrected chi connectivity index (χ0v) is 74.6. The van der Waals surface area contributed by atoms with Gasteiger partial charge in [0.15, 0.2) is 11.5 Å². The number of benzene rings is 7. The summed E-state index contributed by atoms with van der Waals surface area (Å²) in [6, 6.07) is 8.78. The average Bonchev–Trinajstić information content (AvgIpc) is 0.753. The van der Waals surface area contributed by atoms with Crippen LogP contribution in [0.25, 0.3) is 11.1 Å². The number of aliphatic hydroxyl groups excluding tert-OH is 5. The van der Waals surface area contributed by atoms with E-state index in [0.717, 1.165) is 121 Å². The lowest BCUT2D eigenvalue weighted by Crippen LogP contribution is -2.60. The number of ether oxygens (including phenoxy) is 6. The fraction of sp³-hybridized carbons (Fsp3) is 0.433. The summed E-state index contributed by atoms with van der Waals surface area (Å²) in [5.41, 5.74) is 3.32. The maximum atomic E-state index is 16.6. The highest BCUT2D eigenvalue weighted by molar-refractivity contribution is 7.90. The van der Waals surface area contributed by atoms with Crippen LogP contribution in [0.4, 0.5) is 4.79 Å². The Bertz CT molecular complexity index is 5820. The van der Waals surface area contributed by atoms with E-state index < -0.39 is 257 Å². The van der Waals surface area contributed by atoms with Crippen molar-refractivity contribution in [3.05, 3.63) is 171 Å². The van der Waals surface area contributed by atoms with Crippen molar-refractivity contribution in [1.82, 2.24) is 46.8 Å². The number of hydrogen-bond acceptors (Lipinski definition) is 29. The minimum absolute atomic E-state index is 0.0166. The van der Waals surface area contributed by atoms with Crippen LogP contribution in [-0.4, -0.2) is 209 Å². The van der Waals surface area contributed by atoms with Crippen molar-refractivity contribution in [3.63, 3.8) is 0 Å². The van der Waals surface area contributed by atoms with E-state index in [1.54, 1.807) is 53.7 Å². The number of halogens is 1. The van der Waals surface area contributed by atoms with E-state index in [4.69, 9.17) is 49.9 Å².